The van der Waals surface area contributed by atoms with E-state index in [-0.39, 0.29) is 11.9 Å². The molecule has 4 nitrogen and oxygen atoms in total. The number of hydrogen-bond acceptors (Lipinski definition) is 2. The van der Waals surface area contributed by atoms with E-state index in [9.17, 15) is 4.79 Å². The van der Waals surface area contributed by atoms with Gasteiger partial charge in [-0.05, 0) is 25.0 Å². The topological polar surface area (TPSA) is 46.9 Å². The van der Waals surface area contributed by atoms with Crippen LogP contribution >= 0.6 is 0 Å². The number of benzene rings is 1. The third-order valence-corrected chi connectivity index (χ3v) is 3.96. The molecule has 2 atom stereocenters. The number of para-hydroxylation sites is 2. The molecule has 19 heavy (non-hydrogen) atoms. The molecular weight excluding hydrogens is 238 g/mol. The summed E-state index contributed by atoms with van der Waals surface area (Å²) in [6.45, 7) is 1.59. The number of amides is 1. The fraction of sp³-hybridized carbons (Fsp3) is 0.467. The van der Waals surface area contributed by atoms with E-state index in [1.807, 2.05) is 24.5 Å². The van der Waals surface area contributed by atoms with E-state index in [1.54, 1.807) is 6.92 Å². The molecule has 3 rings (SSSR count). The molecule has 1 aliphatic carbocycles. The predicted molar refractivity (Wildman–Crippen MR) is 74.8 cm³/mol. The summed E-state index contributed by atoms with van der Waals surface area (Å²) in [6.07, 6.45) is 6.47. The third kappa shape index (κ3) is 2.35. The number of carbonyl (C=O) groups excluding carboxylic acids is 1. The van der Waals surface area contributed by atoms with Crippen LogP contribution in [-0.4, -0.2) is 21.5 Å². The lowest BCUT2D eigenvalue weighted by Gasteiger charge is -2.33. The minimum Gasteiger partial charge on any atom is -0.352 e. The molecule has 4 heteroatoms. The average molecular weight is 257 g/mol. The molecular formula is C15H19N3O. The van der Waals surface area contributed by atoms with Gasteiger partial charge in [0.05, 0.1) is 23.4 Å². The van der Waals surface area contributed by atoms with Gasteiger partial charge in [0.1, 0.15) is 0 Å². The summed E-state index contributed by atoms with van der Waals surface area (Å²) in [6, 6.07) is 8.72. The van der Waals surface area contributed by atoms with Crippen LogP contribution in [-0.2, 0) is 4.79 Å². The number of nitrogens with zero attached hydrogens (tertiary/aromatic N) is 2. The highest BCUT2D eigenvalue weighted by molar-refractivity contribution is 5.75. The van der Waals surface area contributed by atoms with E-state index in [0.717, 1.165) is 23.9 Å². The maximum absolute atomic E-state index is 11.4. The standard InChI is InChI=1S/C15H19N3O/c1-11(19)17-13-7-3-5-9-15(13)18-10-16-12-6-2-4-8-14(12)18/h2,4,6,8,10,13,15H,3,5,7,9H2,1H3,(H,17,19)/t13-,15-/m0/s1. The Labute approximate surface area is 112 Å². The maximum Gasteiger partial charge on any atom is 0.217 e. The largest absolute Gasteiger partial charge is 0.352 e. The number of aromatic nitrogens is 2. The zero-order valence-corrected chi connectivity index (χ0v) is 11.2. The van der Waals surface area contributed by atoms with Crippen LogP contribution in [0.1, 0.15) is 38.6 Å². The van der Waals surface area contributed by atoms with Crippen molar-refractivity contribution in [3.8, 4) is 0 Å². The molecule has 0 spiro atoms. The van der Waals surface area contributed by atoms with Crippen molar-refractivity contribution in [3.63, 3.8) is 0 Å². The molecule has 0 aliphatic heterocycles. The van der Waals surface area contributed by atoms with Crippen LogP contribution in [0.15, 0.2) is 30.6 Å². The van der Waals surface area contributed by atoms with Crippen LogP contribution in [0.5, 0.6) is 0 Å². The van der Waals surface area contributed by atoms with Crippen LogP contribution in [0.25, 0.3) is 11.0 Å². The third-order valence-electron chi connectivity index (χ3n) is 3.96. The molecule has 1 fully saturated rings. The zero-order chi connectivity index (χ0) is 13.2. The first-order valence-corrected chi connectivity index (χ1v) is 6.94. The van der Waals surface area contributed by atoms with Gasteiger partial charge in [0.2, 0.25) is 5.91 Å². The van der Waals surface area contributed by atoms with Gasteiger partial charge >= 0.3 is 0 Å². The second kappa shape index (κ2) is 5.03. The quantitative estimate of drug-likeness (QED) is 0.899. The summed E-state index contributed by atoms with van der Waals surface area (Å²) in [7, 11) is 0. The Kier molecular flexibility index (Phi) is 3.23. The van der Waals surface area contributed by atoms with Crippen LogP contribution in [0.2, 0.25) is 0 Å². The zero-order valence-electron chi connectivity index (χ0n) is 11.2. The van der Waals surface area contributed by atoms with Gasteiger partial charge in [0, 0.05) is 13.0 Å². The average Bonchev–Trinajstić information content (AvgIpc) is 2.82. The fourth-order valence-electron chi connectivity index (χ4n) is 3.12. The molecule has 1 N–H and O–H groups in total. The number of carbonyl (C=O) groups is 1. The minimum atomic E-state index is 0.0568. The fourth-order valence-corrected chi connectivity index (χ4v) is 3.12. The number of imidazole rings is 1. The van der Waals surface area contributed by atoms with Crippen molar-refractivity contribution in [1.82, 2.24) is 14.9 Å². The lowest BCUT2D eigenvalue weighted by molar-refractivity contribution is -0.120. The molecule has 1 heterocycles. The van der Waals surface area contributed by atoms with Crippen molar-refractivity contribution in [2.45, 2.75) is 44.7 Å². The Bertz CT molecular complexity index is 590. The van der Waals surface area contributed by atoms with Crippen molar-refractivity contribution >= 4 is 16.9 Å². The van der Waals surface area contributed by atoms with Gasteiger partial charge in [-0.3, -0.25) is 4.79 Å². The van der Waals surface area contributed by atoms with Crippen molar-refractivity contribution < 1.29 is 4.79 Å². The number of rotatable bonds is 2. The second-order valence-corrected chi connectivity index (χ2v) is 5.30. The highest BCUT2D eigenvalue weighted by Crippen LogP contribution is 2.31. The Morgan fingerprint density at radius 2 is 2.11 bits per heavy atom. The first kappa shape index (κ1) is 12.2. The minimum absolute atomic E-state index is 0.0568. The lowest BCUT2D eigenvalue weighted by atomic mass is 9.90. The molecule has 1 aromatic heterocycles. The van der Waals surface area contributed by atoms with Gasteiger partial charge in [0.15, 0.2) is 0 Å². The van der Waals surface area contributed by atoms with E-state index in [1.165, 1.54) is 12.8 Å². The molecule has 100 valence electrons. The van der Waals surface area contributed by atoms with Crippen LogP contribution < -0.4 is 5.32 Å². The van der Waals surface area contributed by atoms with E-state index >= 15 is 0 Å². The molecule has 2 aromatic rings. The molecule has 1 amide bonds. The van der Waals surface area contributed by atoms with Crippen molar-refractivity contribution in [2.75, 3.05) is 0 Å². The molecule has 0 saturated heterocycles. The second-order valence-electron chi connectivity index (χ2n) is 5.30. The monoisotopic (exact) mass is 257 g/mol. The lowest BCUT2D eigenvalue weighted by Crippen LogP contribution is -2.41. The Morgan fingerprint density at radius 3 is 2.95 bits per heavy atom. The Hall–Kier alpha value is -1.84. The van der Waals surface area contributed by atoms with Crippen molar-refractivity contribution in [1.29, 1.82) is 0 Å². The molecule has 1 aromatic carbocycles. The summed E-state index contributed by atoms with van der Waals surface area (Å²) >= 11 is 0. The van der Waals surface area contributed by atoms with Gasteiger partial charge in [-0.25, -0.2) is 4.98 Å². The van der Waals surface area contributed by atoms with Gasteiger partial charge in [0.25, 0.3) is 0 Å². The van der Waals surface area contributed by atoms with Gasteiger partial charge < -0.3 is 9.88 Å². The number of fused-ring (bicyclic) bond motifs is 1. The van der Waals surface area contributed by atoms with E-state index in [4.69, 9.17) is 0 Å². The van der Waals surface area contributed by atoms with E-state index < -0.39 is 0 Å². The molecule has 0 unspecified atom stereocenters. The van der Waals surface area contributed by atoms with Gasteiger partial charge in [-0.1, -0.05) is 25.0 Å². The Balaban J connectivity index is 1.95. The van der Waals surface area contributed by atoms with Gasteiger partial charge in [-0.2, -0.15) is 0 Å². The molecule has 1 aliphatic rings. The number of hydrogen-bond donors (Lipinski definition) is 1. The van der Waals surface area contributed by atoms with Gasteiger partial charge in [-0.15, -0.1) is 0 Å². The van der Waals surface area contributed by atoms with E-state index in [2.05, 4.69) is 20.9 Å². The van der Waals surface area contributed by atoms with Crippen LogP contribution in [0.4, 0.5) is 0 Å². The summed E-state index contributed by atoms with van der Waals surface area (Å²) < 4.78 is 2.23. The Morgan fingerprint density at radius 1 is 1.32 bits per heavy atom. The first-order chi connectivity index (χ1) is 9.25. The molecule has 1 saturated carbocycles. The maximum atomic E-state index is 11.4. The van der Waals surface area contributed by atoms with Crippen LogP contribution in [0, 0.1) is 0 Å². The summed E-state index contributed by atoms with van der Waals surface area (Å²) in [5.41, 5.74) is 2.18. The summed E-state index contributed by atoms with van der Waals surface area (Å²) in [5, 5.41) is 3.10. The predicted octanol–water partition coefficient (Wildman–Crippen LogP) is 2.66. The molecule has 0 radical (unpaired) electrons. The van der Waals surface area contributed by atoms with Crippen LogP contribution in [0.3, 0.4) is 0 Å². The highest BCUT2D eigenvalue weighted by atomic mass is 16.1. The smallest absolute Gasteiger partial charge is 0.217 e. The normalized spacial score (nSPS) is 23.4. The first-order valence-electron chi connectivity index (χ1n) is 6.94. The molecule has 0 bridgehead atoms. The van der Waals surface area contributed by atoms with E-state index in [0.29, 0.717) is 6.04 Å². The summed E-state index contributed by atoms with van der Waals surface area (Å²) in [4.78, 5) is 15.8. The SMILES string of the molecule is CC(=O)N[C@H]1CCCC[C@@H]1n1cnc2ccccc21. The number of nitrogens with one attached hydrogen (secondary N) is 1. The summed E-state index contributed by atoms with van der Waals surface area (Å²) in [5.74, 6) is 0.0568. The highest BCUT2D eigenvalue weighted by Gasteiger charge is 2.27. The van der Waals surface area contributed by atoms with Crippen molar-refractivity contribution in [2.24, 2.45) is 0 Å². The van der Waals surface area contributed by atoms with Crippen molar-refractivity contribution in [3.05, 3.63) is 30.6 Å².